The molecule has 8 nitrogen and oxygen atoms in total. The van der Waals surface area contributed by atoms with E-state index in [1.807, 2.05) is 6.92 Å². The van der Waals surface area contributed by atoms with Gasteiger partial charge in [-0.25, -0.2) is 8.42 Å². The van der Waals surface area contributed by atoms with Gasteiger partial charge >= 0.3 is 0 Å². The number of aromatic nitrogens is 2. The number of amides is 1. The first kappa shape index (κ1) is 19.9. The zero-order chi connectivity index (χ0) is 16.5. The molecule has 0 spiro atoms. The van der Waals surface area contributed by atoms with Crippen molar-refractivity contribution in [2.24, 2.45) is 18.2 Å². The molecule has 1 fully saturated rings. The fourth-order valence-corrected chi connectivity index (χ4v) is 3.72. The molecule has 1 aliphatic heterocycles. The lowest BCUT2D eigenvalue weighted by molar-refractivity contribution is -0.131. The lowest BCUT2D eigenvalue weighted by Gasteiger charge is -2.24. The minimum absolute atomic E-state index is 0. The quantitative estimate of drug-likeness (QED) is 0.744. The zero-order valence-electron chi connectivity index (χ0n) is 13.5. The van der Waals surface area contributed by atoms with Crippen LogP contribution in [0.4, 0.5) is 0 Å². The van der Waals surface area contributed by atoms with E-state index in [1.165, 1.54) is 17.1 Å². The number of hydrogen-bond acceptors (Lipinski definition) is 5. The van der Waals surface area contributed by atoms with Crippen molar-refractivity contribution >= 4 is 28.3 Å². The molecule has 0 bridgehead atoms. The van der Waals surface area contributed by atoms with Crippen LogP contribution in [0.15, 0.2) is 17.3 Å². The molecule has 3 N–H and O–H groups in total. The maximum absolute atomic E-state index is 12.4. The Morgan fingerprint density at radius 2 is 2.22 bits per heavy atom. The molecule has 1 aromatic rings. The van der Waals surface area contributed by atoms with Crippen LogP contribution < -0.4 is 10.5 Å². The lowest BCUT2D eigenvalue weighted by atomic mass is 9.90. The maximum Gasteiger partial charge on any atom is 0.244 e. The van der Waals surface area contributed by atoms with Crippen molar-refractivity contribution in [3.8, 4) is 0 Å². The first-order valence-electron chi connectivity index (χ1n) is 7.17. The average Bonchev–Trinajstić information content (AvgIpc) is 3.05. The van der Waals surface area contributed by atoms with Crippen LogP contribution in [-0.2, 0) is 21.9 Å². The third-order valence-electron chi connectivity index (χ3n) is 4.06. The van der Waals surface area contributed by atoms with Gasteiger partial charge in [0, 0.05) is 26.3 Å². The highest BCUT2D eigenvalue weighted by molar-refractivity contribution is 7.89. The van der Waals surface area contributed by atoms with Crippen LogP contribution in [0.5, 0.6) is 0 Å². The second-order valence-corrected chi connectivity index (χ2v) is 7.93. The summed E-state index contributed by atoms with van der Waals surface area (Å²) < 4.78 is 28.2. The number of aryl methyl sites for hydroxylation is 1. The summed E-state index contributed by atoms with van der Waals surface area (Å²) in [5, 5.41) is 3.83. The Labute approximate surface area is 142 Å². The highest BCUT2D eigenvalue weighted by Crippen LogP contribution is 2.28. The summed E-state index contributed by atoms with van der Waals surface area (Å²) in [7, 11) is -2.12. The molecule has 2 rings (SSSR count). The fraction of sp³-hybridized carbons (Fsp3) is 0.692. The molecule has 2 unspecified atom stereocenters. The SMILES string of the molecule is CC(NS(=O)(=O)c1cnn(C)c1)C(=O)N1CCC(C)(CN)C1.Cl. The summed E-state index contributed by atoms with van der Waals surface area (Å²) in [4.78, 5) is 14.1. The van der Waals surface area contributed by atoms with Crippen molar-refractivity contribution in [3.63, 3.8) is 0 Å². The van der Waals surface area contributed by atoms with Crippen LogP contribution in [0.3, 0.4) is 0 Å². The van der Waals surface area contributed by atoms with Gasteiger partial charge in [-0.2, -0.15) is 9.82 Å². The van der Waals surface area contributed by atoms with Crippen LogP contribution in [0.1, 0.15) is 20.3 Å². The van der Waals surface area contributed by atoms with Gasteiger partial charge in [-0.3, -0.25) is 9.48 Å². The summed E-state index contributed by atoms with van der Waals surface area (Å²) in [6.07, 6.45) is 3.47. The van der Waals surface area contributed by atoms with E-state index in [4.69, 9.17) is 5.73 Å². The summed E-state index contributed by atoms with van der Waals surface area (Å²) in [5.74, 6) is -0.232. The summed E-state index contributed by atoms with van der Waals surface area (Å²) >= 11 is 0. The van der Waals surface area contributed by atoms with Crippen LogP contribution in [-0.4, -0.2) is 54.7 Å². The number of carbonyl (C=O) groups excluding carboxylic acids is 1. The number of likely N-dealkylation sites (tertiary alicyclic amines) is 1. The monoisotopic (exact) mass is 365 g/mol. The second-order valence-electron chi connectivity index (χ2n) is 6.22. The molecule has 23 heavy (non-hydrogen) atoms. The molecule has 10 heteroatoms. The van der Waals surface area contributed by atoms with Crippen LogP contribution in [0.2, 0.25) is 0 Å². The second kappa shape index (κ2) is 7.16. The standard InChI is InChI=1S/C13H23N5O3S.ClH/c1-10(12(19)18-5-4-13(2,8-14)9-18)16-22(20,21)11-6-15-17(3)7-11;/h6-7,10,16H,4-5,8-9,14H2,1-3H3;1H. The molecule has 0 aromatic carbocycles. The summed E-state index contributed by atoms with van der Waals surface area (Å²) in [6, 6.07) is -0.828. The number of halogens is 1. The Morgan fingerprint density at radius 3 is 2.70 bits per heavy atom. The molecule has 0 aliphatic carbocycles. The molecule has 1 amide bonds. The Balaban J connectivity index is 0.00000264. The van der Waals surface area contributed by atoms with Crippen LogP contribution in [0.25, 0.3) is 0 Å². The van der Waals surface area contributed by atoms with E-state index in [2.05, 4.69) is 9.82 Å². The van der Waals surface area contributed by atoms with Crippen molar-refractivity contribution in [1.82, 2.24) is 19.4 Å². The first-order chi connectivity index (χ1) is 10.2. The van der Waals surface area contributed by atoms with E-state index in [0.717, 1.165) is 6.42 Å². The number of sulfonamides is 1. The summed E-state index contributed by atoms with van der Waals surface area (Å²) in [5.41, 5.74) is 5.64. The van der Waals surface area contributed by atoms with Crippen LogP contribution >= 0.6 is 12.4 Å². The normalized spacial score (nSPS) is 22.7. The number of nitrogens with two attached hydrogens (primary N) is 1. The predicted octanol–water partition coefficient (Wildman–Crippen LogP) is -0.294. The van der Waals surface area contributed by atoms with Gasteiger partial charge in [-0.1, -0.05) is 6.92 Å². The predicted molar refractivity (Wildman–Crippen MR) is 88.6 cm³/mol. The molecule has 0 saturated carbocycles. The van der Waals surface area contributed by atoms with Gasteiger partial charge in [0.15, 0.2) is 0 Å². The van der Waals surface area contributed by atoms with Gasteiger partial charge in [0.1, 0.15) is 4.90 Å². The van der Waals surface area contributed by atoms with Gasteiger partial charge < -0.3 is 10.6 Å². The molecule has 2 atom stereocenters. The highest BCUT2D eigenvalue weighted by Gasteiger charge is 2.37. The molecule has 1 aromatic heterocycles. The van der Waals surface area contributed by atoms with Crippen molar-refractivity contribution in [3.05, 3.63) is 12.4 Å². The first-order valence-corrected chi connectivity index (χ1v) is 8.65. The maximum atomic E-state index is 12.4. The Hall–Kier alpha value is -1.16. The van der Waals surface area contributed by atoms with Crippen molar-refractivity contribution in [2.75, 3.05) is 19.6 Å². The van der Waals surface area contributed by atoms with E-state index in [9.17, 15) is 13.2 Å². The van der Waals surface area contributed by atoms with Gasteiger partial charge in [-0.05, 0) is 25.3 Å². The van der Waals surface area contributed by atoms with E-state index in [0.29, 0.717) is 19.6 Å². The third kappa shape index (κ3) is 4.43. The van der Waals surface area contributed by atoms with Crippen LogP contribution in [0, 0.1) is 5.41 Å². The van der Waals surface area contributed by atoms with Gasteiger partial charge in [-0.15, -0.1) is 12.4 Å². The van der Waals surface area contributed by atoms with Crippen molar-refractivity contribution in [1.29, 1.82) is 0 Å². The third-order valence-corrected chi connectivity index (χ3v) is 5.55. The fourth-order valence-electron chi connectivity index (χ4n) is 2.54. The highest BCUT2D eigenvalue weighted by atomic mass is 35.5. The molecular formula is C13H24ClN5O3S. The molecule has 132 valence electrons. The molecular weight excluding hydrogens is 342 g/mol. The topological polar surface area (TPSA) is 110 Å². The number of carbonyl (C=O) groups is 1. The molecule has 0 radical (unpaired) electrons. The van der Waals surface area contributed by atoms with Crippen molar-refractivity contribution < 1.29 is 13.2 Å². The zero-order valence-corrected chi connectivity index (χ0v) is 15.2. The van der Waals surface area contributed by atoms with E-state index in [-0.39, 0.29) is 28.6 Å². The average molecular weight is 366 g/mol. The minimum atomic E-state index is -3.75. The Kier molecular flexibility index (Phi) is 6.19. The summed E-state index contributed by atoms with van der Waals surface area (Å²) in [6.45, 7) is 5.25. The molecule has 1 aliphatic rings. The largest absolute Gasteiger partial charge is 0.341 e. The Bertz CT molecular complexity index is 662. The van der Waals surface area contributed by atoms with Gasteiger partial charge in [0.2, 0.25) is 15.9 Å². The molecule has 1 saturated heterocycles. The van der Waals surface area contributed by atoms with Gasteiger partial charge in [0.05, 0.1) is 12.2 Å². The number of hydrogen-bond donors (Lipinski definition) is 2. The van der Waals surface area contributed by atoms with E-state index >= 15 is 0 Å². The smallest absolute Gasteiger partial charge is 0.244 e. The van der Waals surface area contributed by atoms with E-state index < -0.39 is 16.1 Å². The Morgan fingerprint density at radius 1 is 1.57 bits per heavy atom. The number of rotatable bonds is 5. The lowest BCUT2D eigenvalue weighted by Crippen LogP contribution is -2.46. The van der Waals surface area contributed by atoms with E-state index in [1.54, 1.807) is 18.9 Å². The number of nitrogens with one attached hydrogen (secondary N) is 1. The number of nitrogens with zero attached hydrogens (tertiary/aromatic N) is 3. The minimum Gasteiger partial charge on any atom is -0.341 e. The van der Waals surface area contributed by atoms with Gasteiger partial charge in [0.25, 0.3) is 0 Å². The molecule has 2 heterocycles. The van der Waals surface area contributed by atoms with Crippen molar-refractivity contribution in [2.45, 2.75) is 31.2 Å².